The zero-order chi connectivity index (χ0) is 25.8. The lowest BCUT2D eigenvalue weighted by Crippen LogP contribution is -2.44. The molecule has 0 bridgehead atoms. The normalized spacial score (nSPS) is 14.6. The van der Waals surface area contributed by atoms with Crippen LogP contribution in [0.3, 0.4) is 0 Å². The van der Waals surface area contributed by atoms with Crippen LogP contribution in [0.5, 0.6) is 0 Å². The summed E-state index contributed by atoms with van der Waals surface area (Å²) in [7, 11) is 2.13. The van der Waals surface area contributed by atoms with E-state index in [1.807, 2.05) is 18.2 Å². The van der Waals surface area contributed by atoms with E-state index in [1.54, 1.807) is 36.9 Å². The Kier molecular flexibility index (Phi) is 6.95. The fourth-order valence-corrected chi connectivity index (χ4v) is 4.01. The second-order valence-electron chi connectivity index (χ2n) is 8.76. The van der Waals surface area contributed by atoms with Gasteiger partial charge in [0.1, 0.15) is 22.9 Å². The lowest BCUT2D eigenvalue weighted by Gasteiger charge is -2.33. The maximum atomic E-state index is 13.0. The predicted molar refractivity (Wildman–Crippen MR) is 141 cm³/mol. The average molecular weight is 500 g/mol. The number of hydrogen-bond acceptors (Lipinski definition) is 9. The van der Waals surface area contributed by atoms with Crippen LogP contribution in [0.15, 0.2) is 67.0 Å². The summed E-state index contributed by atoms with van der Waals surface area (Å²) in [6.45, 7) is 5.14. The standard InChI is InChI=1S/C26H26FN9O/c1-17(27)13-23(37)32-19-6-8-28-21(14-19)25-24-18(5-7-29-25)15-31-26(34-24)33-20-3-4-22(30-16-20)36-11-9-35(2)10-12-36/h3-8,13-16H,9-12H2,1-2H3,(H,28,32,37)(H,31,33,34)/b17-13-. The van der Waals surface area contributed by atoms with Gasteiger partial charge in [-0.15, -0.1) is 0 Å². The Hall–Kier alpha value is -4.51. The first kappa shape index (κ1) is 24.2. The summed E-state index contributed by atoms with van der Waals surface area (Å²) in [4.78, 5) is 39.1. The van der Waals surface area contributed by atoms with Crippen LogP contribution in [-0.2, 0) is 4.79 Å². The van der Waals surface area contributed by atoms with Gasteiger partial charge in [0.05, 0.1) is 17.6 Å². The van der Waals surface area contributed by atoms with Crippen molar-refractivity contribution in [2.75, 3.05) is 48.8 Å². The average Bonchev–Trinajstić information content (AvgIpc) is 2.89. The number of rotatable bonds is 6. The van der Waals surface area contributed by atoms with Crippen molar-refractivity contribution in [3.8, 4) is 11.4 Å². The van der Waals surface area contributed by atoms with Crippen LogP contribution in [0, 0.1) is 0 Å². The number of nitrogens with zero attached hydrogens (tertiary/aromatic N) is 7. The number of pyridine rings is 3. The number of likely N-dealkylation sites (N-methyl/N-ethyl adjacent to an activating group) is 1. The Morgan fingerprint density at radius 2 is 1.78 bits per heavy atom. The van der Waals surface area contributed by atoms with Crippen molar-refractivity contribution in [2.45, 2.75) is 6.92 Å². The minimum Gasteiger partial charge on any atom is -0.354 e. The summed E-state index contributed by atoms with van der Waals surface area (Å²) in [5.74, 6) is 0.191. The molecule has 10 nitrogen and oxygen atoms in total. The number of carbonyl (C=O) groups excluding carboxylic acids is 1. The summed E-state index contributed by atoms with van der Waals surface area (Å²) < 4.78 is 13.0. The molecule has 5 heterocycles. The van der Waals surface area contributed by atoms with E-state index in [4.69, 9.17) is 0 Å². The Balaban J connectivity index is 1.38. The van der Waals surface area contributed by atoms with E-state index < -0.39 is 11.7 Å². The van der Waals surface area contributed by atoms with Gasteiger partial charge in [-0.3, -0.25) is 14.8 Å². The fraction of sp³-hybridized carbons (Fsp3) is 0.231. The van der Waals surface area contributed by atoms with Crippen LogP contribution >= 0.6 is 0 Å². The number of carbonyl (C=O) groups is 1. The molecule has 188 valence electrons. The van der Waals surface area contributed by atoms with Crippen LogP contribution < -0.4 is 15.5 Å². The van der Waals surface area contributed by atoms with Crippen molar-refractivity contribution in [1.29, 1.82) is 0 Å². The molecule has 0 spiro atoms. The molecule has 0 unspecified atom stereocenters. The fourth-order valence-electron chi connectivity index (χ4n) is 4.01. The number of fused-ring (bicyclic) bond motifs is 1. The molecule has 1 saturated heterocycles. The van der Waals surface area contributed by atoms with E-state index in [0.29, 0.717) is 28.5 Å². The molecular formula is C26H26FN9O. The molecule has 0 aliphatic carbocycles. The van der Waals surface area contributed by atoms with Crippen LogP contribution in [0.25, 0.3) is 22.3 Å². The van der Waals surface area contributed by atoms with Crippen molar-refractivity contribution < 1.29 is 9.18 Å². The number of halogens is 1. The molecule has 5 rings (SSSR count). The van der Waals surface area contributed by atoms with Gasteiger partial charge in [0, 0.05) is 61.9 Å². The highest BCUT2D eigenvalue weighted by Crippen LogP contribution is 2.26. The Bertz CT molecular complexity index is 1450. The van der Waals surface area contributed by atoms with Gasteiger partial charge >= 0.3 is 0 Å². The Morgan fingerprint density at radius 3 is 2.54 bits per heavy atom. The van der Waals surface area contributed by atoms with Gasteiger partial charge in [0.25, 0.3) is 5.91 Å². The molecule has 1 aliphatic rings. The molecule has 4 aromatic heterocycles. The third-order valence-electron chi connectivity index (χ3n) is 5.93. The number of anilines is 4. The number of hydrogen-bond donors (Lipinski definition) is 2. The molecule has 4 aromatic rings. The van der Waals surface area contributed by atoms with E-state index in [-0.39, 0.29) is 0 Å². The number of nitrogens with one attached hydrogen (secondary N) is 2. The van der Waals surface area contributed by atoms with Crippen molar-refractivity contribution in [3.63, 3.8) is 0 Å². The van der Waals surface area contributed by atoms with Crippen molar-refractivity contribution in [1.82, 2.24) is 29.8 Å². The van der Waals surface area contributed by atoms with Crippen molar-refractivity contribution in [3.05, 3.63) is 67.0 Å². The summed E-state index contributed by atoms with van der Waals surface area (Å²) in [6, 6.07) is 9.05. The van der Waals surface area contributed by atoms with E-state index in [1.165, 1.54) is 6.92 Å². The highest BCUT2D eigenvalue weighted by Gasteiger charge is 2.15. The number of allylic oxidation sites excluding steroid dienone is 1. The quantitative estimate of drug-likeness (QED) is 0.383. The topological polar surface area (TPSA) is 112 Å². The minimum atomic E-state index is -0.580. The first-order valence-electron chi connectivity index (χ1n) is 11.8. The third kappa shape index (κ3) is 5.84. The summed E-state index contributed by atoms with van der Waals surface area (Å²) >= 11 is 0. The van der Waals surface area contributed by atoms with Gasteiger partial charge in [-0.2, -0.15) is 0 Å². The highest BCUT2D eigenvalue weighted by molar-refractivity contribution is 6.00. The van der Waals surface area contributed by atoms with Crippen LogP contribution in [0.4, 0.5) is 27.5 Å². The monoisotopic (exact) mass is 499 g/mol. The molecule has 0 radical (unpaired) electrons. The van der Waals surface area contributed by atoms with Gasteiger partial charge in [-0.25, -0.2) is 19.3 Å². The molecule has 37 heavy (non-hydrogen) atoms. The van der Waals surface area contributed by atoms with E-state index in [0.717, 1.165) is 49.1 Å². The zero-order valence-corrected chi connectivity index (χ0v) is 20.5. The first-order valence-corrected chi connectivity index (χ1v) is 11.8. The molecule has 1 amide bonds. The van der Waals surface area contributed by atoms with Crippen LogP contribution in [-0.4, -0.2) is 69.0 Å². The Labute approximate surface area is 213 Å². The lowest BCUT2D eigenvalue weighted by molar-refractivity contribution is -0.112. The lowest BCUT2D eigenvalue weighted by atomic mass is 10.1. The van der Waals surface area contributed by atoms with E-state index in [9.17, 15) is 9.18 Å². The molecule has 11 heteroatoms. The van der Waals surface area contributed by atoms with Gasteiger partial charge in [-0.05, 0) is 44.3 Å². The second kappa shape index (κ2) is 10.6. The first-order chi connectivity index (χ1) is 17.9. The number of aromatic nitrogens is 5. The van der Waals surface area contributed by atoms with Crippen molar-refractivity contribution in [2.24, 2.45) is 0 Å². The molecule has 1 fully saturated rings. The molecule has 0 atom stereocenters. The SMILES string of the molecule is C/C(F)=C/C(=O)Nc1ccnc(-c2nccc3cnc(Nc4ccc(N5CCN(C)CC5)nc4)nc23)c1. The minimum absolute atomic E-state index is 0.393. The van der Waals surface area contributed by atoms with Gasteiger partial charge in [0.2, 0.25) is 5.95 Å². The number of piperazine rings is 1. The van der Waals surface area contributed by atoms with Gasteiger partial charge in [0.15, 0.2) is 0 Å². The number of amides is 1. The molecule has 1 aliphatic heterocycles. The molecule has 0 aromatic carbocycles. The van der Waals surface area contributed by atoms with Crippen LogP contribution in [0.2, 0.25) is 0 Å². The van der Waals surface area contributed by atoms with Gasteiger partial charge in [-0.1, -0.05) is 0 Å². The second-order valence-corrected chi connectivity index (χ2v) is 8.76. The van der Waals surface area contributed by atoms with Crippen molar-refractivity contribution >= 4 is 40.0 Å². The largest absolute Gasteiger partial charge is 0.354 e. The maximum Gasteiger partial charge on any atom is 0.250 e. The zero-order valence-electron chi connectivity index (χ0n) is 20.5. The highest BCUT2D eigenvalue weighted by atomic mass is 19.1. The molecule has 2 N–H and O–H groups in total. The van der Waals surface area contributed by atoms with E-state index in [2.05, 4.69) is 52.4 Å². The molecule has 0 saturated carbocycles. The maximum absolute atomic E-state index is 13.0. The summed E-state index contributed by atoms with van der Waals surface area (Å²) in [5, 5.41) is 6.62. The summed E-state index contributed by atoms with van der Waals surface area (Å²) in [5.41, 5.74) is 2.86. The molecular weight excluding hydrogens is 473 g/mol. The smallest absolute Gasteiger partial charge is 0.250 e. The predicted octanol–water partition coefficient (Wildman–Crippen LogP) is 3.79. The van der Waals surface area contributed by atoms with Crippen LogP contribution in [0.1, 0.15) is 6.92 Å². The Morgan fingerprint density at radius 1 is 0.973 bits per heavy atom. The summed E-state index contributed by atoms with van der Waals surface area (Å²) in [6.07, 6.45) is 7.56. The van der Waals surface area contributed by atoms with Gasteiger partial charge < -0.3 is 20.4 Å². The van der Waals surface area contributed by atoms with E-state index >= 15 is 0 Å². The third-order valence-corrected chi connectivity index (χ3v) is 5.93.